The second-order valence-corrected chi connectivity index (χ2v) is 4.28. The third-order valence-corrected chi connectivity index (χ3v) is 2.40. The van der Waals surface area contributed by atoms with E-state index in [0.717, 1.165) is 16.5 Å². The lowest BCUT2D eigenvalue weighted by Gasteiger charge is -2.03. The molecular weight excluding hydrogens is 289 g/mol. The van der Waals surface area contributed by atoms with Gasteiger partial charge in [0.15, 0.2) is 0 Å². The maximum Gasteiger partial charge on any atom is 0.224 e. The first-order valence-electron chi connectivity index (χ1n) is 4.60. The highest BCUT2D eigenvalue weighted by molar-refractivity contribution is 14.1. The van der Waals surface area contributed by atoms with Crippen molar-refractivity contribution in [2.24, 2.45) is 0 Å². The number of nitrogens with one attached hydrogen (secondary N) is 1. The first kappa shape index (κ1) is 11.5. The maximum atomic E-state index is 11.4. The second-order valence-electron chi connectivity index (χ2n) is 3.20. The zero-order valence-corrected chi connectivity index (χ0v) is 10.4. The molecule has 0 radical (unpaired) electrons. The van der Waals surface area contributed by atoms with E-state index >= 15 is 0 Å². The largest absolute Gasteiger partial charge is 0.355 e. The van der Waals surface area contributed by atoms with E-state index in [1.807, 2.05) is 31.2 Å². The van der Waals surface area contributed by atoms with Crippen molar-refractivity contribution in [3.05, 3.63) is 35.4 Å². The van der Waals surface area contributed by atoms with E-state index in [2.05, 4.69) is 27.9 Å². The Hall–Kier alpha value is -0.580. The van der Waals surface area contributed by atoms with Crippen LogP contribution in [0.3, 0.4) is 0 Å². The minimum atomic E-state index is 0.104. The van der Waals surface area contributed by atoms with Gasteiger partial charge in [0.1, 0.15) is 0 Å². The molecule has 1 amide bonds. The number of carbonyl (C=O) groups excluding carboxylic acids is 1. The zero-order valence-electron chi connectivity index (χ0n) is 8.22. The van der Waals surface area contributed by atoms with Crippen molar-refractivity contribution < 1.29 is 4.79 Å². The molecule has 0 aliphatic heterocycles. The summed E-state index contributed by atoms with van der Waals surface area (Å²) >= 11 is 2.24. The van der Waals surface area contributed by atoms with E-state index in [1.54, 1.807) is 0 Å². The Kier molecular flexibility index (Phi) is 4.93. The molecule has 0 bridgehead atoms. The number of rotatable bonds is 4. The fourth-order valence-corrected chi connectivity index (χ4v) is 1.53. The topological polar surface area (TPSA) is 29.1 Å². The normalized spacial score (nSPS) is 9.86. The SMILES string of the molecule is Cc1cccc(CC(=O)NCCI)c1. The number of benzene rings is 1. The van der Waals surface area contributed by atoms with Gasteiger partial charge in [-0.15, -0.1) is 0 Å². The van der Waals surface area contributed by atoms with Crippen LogP contribution in [0.25, 0.3) is 0 Å². The average molecular weight is 303 g/mol. The Labute approximate surface area is 98.2 Å². The third kappa shape index (κ3) is 4.09. The predicted molar refractivity (Wildman–Crippen MR) is 66.8 cm³/mol. The summed E-state index contributed by atoms with van der Waals surface area (Å²) in [6.45, 7) is 2.79. The molecule has 3 heteroatoms. The third-order valence-electron chi connectivity index (χ3n) is 1.86. The highest BCUT2D eigenvalue weighted by atomic mass is 127. The molecule has 2 nitrogen and oxygen atoms in total. The van der Waals surface area contributed by atoms with E-state index in [4.69, 9.17) is 0 Å². The van der Waals surface area contributed by atoms with Gasteiger partial charge in [0.05, 0.1) is 6.42 Å². The van der Waals surface area contributed by atoms with Gasteiger partial charge < -0.3 is 5.32 Å². The summed E-state index contributed by atoms with van der Waals surface area (Å²) < 4.78 is 0.956. The van der Waals surface area contributed by atoms with E-state index in [0.29, 0.717) is 6.42 Å². The fourth-order valence-electron chi connectivity index (χ4n) is 1.26. The molecule has 0 aromatic heterocycles. The van der Waals surface area contributed by atoms with Gasteiger partial charge >= 0.3 is 0 Å². The molecule has 0 aliphatic carbocycles. The predicted octanol–water partition coefficient (Wildman–Crippen LogP) is 2.09. The number of hydrogen-bond donors (Lipinski definition) is 1. The van der Waals surface area contributed by atoms with Gasteiger partial charge in [-0.25, -0.2) is 0 Å². The van der Waals surface area contributed by atoms with Gasteiger partial charge in [-0.3, -0.25) is 4.79 Å². The Morgan fingerprint density at radius 2 is 2.29 bits per heavy atom. The number of amides is 1. The average Bonchev–Trinajstić information content (AvgIpc) is 2.15. The van der Waals surface area contributed by atoms with Crippen LogP contribution in [0.2, 0.25) is 0 Å². The van der Waals surface area contributed by atoms with Crippen LogP contribution in [-0.4, -0.2) is 16.9 Å². The molecule has 0 atom stereocenters. The standard InChI is InChI=1S/C11H14INO/c1-9-3-2-4-10(7-9)8-11(14)13-6-5-12/h2-4,7H,5-6,8H2,1H3,(H,13,14). The molecule has 14 heavy (non-hydrogen) atoms. The number of hydrogen-bond acceptors (Lipinski definition) is 1. The lowest BCUT2D eigenvalue weighted by molar-refractivity contribution is -0.120. The van der Waals surface area contributed by atoms with Crippen LogP contribution in [0.15, 0.2) is 24.3 Å². The van der Waals surface area contributed by atoms with Crippen LogP contribution in [-0.2, 0) is 11.2 Å². The first-order chi connectivity index (χ1) is 6.72. The Balaban J connectivity index is 2.47. The van der Waals surface area contributed by atoms with Crippen LogP contribution in [0.4, 0.5) is 0 Å². The van der Waals surface area contributed by atoms with Crippen molar-refractivity contribution in [3.8, 4) is 0 Å². The van der Waals surface area contributed by atoms with Crippen molar-refractivity contribution in [1.82, 2.24) is 5.32 Å². The van der Waals surface area contributed by atoms with E-state index in [9.17, 15) is 4.79 Å². The Morgan fingerprint density at radius 3 is 2.93 bits per heavy atom. The van der Waals surface area contributed by atoms with Crippen molar-refractivity contribution in [1.29, 1.82) is 0 Å². The molecular formula is C11H14INO. The summed E-state index contributed by atoms with van der Waals surface area (Å²) in [6.07, 6.45) is 0.484. The Bertz CT molecular complexity index is 312. The van der Waals surface area contributed by atoms with Crippen LogP contribution in [0.5, 0.6) is 0 Å². The molecule has 0 heterocycles. The van der Waals surface area contributed by atoms with Gasteiger partial charge in [-0.1, -0.05) is 52.4 Å². The summed E-state index contributed by atoms with van der Waals surface area (Å²) in [6, 6.07) is 8.04. The van der Waals surface area contributed by atoms with Gasteiger partial charge in [-0.2, -0.15) is 0 Å². The fraction of sp³-hybridized carbons (Fsp3) is 0.364. The van der Waals surface area contributed by atoms with Crippen molar-refractivity contribution in [3.63, 3.8) is 0 Å². The molecule has 76 valence electrons. The summed E-state index contributed by atoms with van der Waals surface area (Å²) in [4.78, 5) is 11.4. The molecule has 0 unspecified atom stereocenters. The van der Waals surface area contributed by atoms with Gasteiger partial charge in [0, 0.05) is 11.0 Å². The zero-order chi connectivity index (χ0) is 10.4. The lowest BCUT2D eigenvalue weighted by atomic mass is 10.1. The second kappa shape index (κ2) is 6.01. The van der Waals surface area contributed by atoms with Crippen molar-refractivity contribution in [2.45, 2.75) is 13.3 Å². The number of carbonyl (C=O) groups is 1. The monoisotopic (exact) mass is 303 g/mol. The van der Waals surface area contributed by atoms with E-state index < -0.39 is 0 Å². The molecule has 0 fully saturated rings. The van der Waals surface area contributed by atoms with Crippen LogP contribution < -0.4 is 5.32 Å². The van der Waals surface area contributed by atoms with Gasteiger partial charge in [-0.05, 0) is 12.5 Å². The molecule has 1 rings (SSSR count). The number of aryl methyl sites for hydroxylation is 1. The number of alkyl halides is 1. The summed E-state index contributed by atoms with van der Waals surface area (Å²) in [7, 11) is 0. The highest BCUT2D eigenvalue weighted by Gasteiger charge is 2.01. The highest BCUT2D eigenvalue weighted by Crippen LogP contribution is 2.04. The number of halogens is 1. The van der Waals surface area contributed by atoms with Gasteiger partial charge in [0.2, 0.25) is 5.91 Å². The molecule has 0 spiro atoms. The maximum absolute atomic E-state index is 11.4. The molecule has 0 aliphatic rings. The molecule has 1 aromatic carbocycles. The van der Waals surface area contributed by atoms with Crippen LogP contribution in [0.1, 0.15) is 11.1 Å². The molecule has 1 aromatic rings. The van der Waals surface area contributed by atoms with E-state index in [-0.39, 0.29) is 5.91 Å². The molecule has 1 N–H and O–H groups in total. The summed E-state index contributed by atoms with van der Waals surface area (Å²) in [5.41, 5.74) is 2.28. The van der Waals surface area contributed by atoms with Crippen molar-refractivity contribution in [2.75, 3.05) is 11.0 Å². The molecule has 0 saturated carbocycles. The first-order valence-corrected chi connectivity index (χ1v) is 6.13. The molecule has 0 saturated heterocycles. The lowest BCUT2D eigenvalue weighted by Crippen LogP contribution is -2.26. The Morgan fingerprint density at radius 1 is 1.50 bits per heavy atom. The van der Waals surface area contributed by atoms with E-state index in [1.165, 1.54) is 5.56 Å². The van der Waals surface area contributed by atoms with Crippen LogP contribution in [0, 0.1) is 6.92 Å². The van der Waals surface area contributed by atoms with Gasteiger partial charge in [0.25, 0.3) is 0 Å². The quantitative estimate of drug-likeness (QED) is 0.670. The van der Waals surface area contributed by atoms with Crippen LogP contribution >= 0.6 is 22.6 Å². The van der Waals surface area contributed by atoms with Crippen molar-refractivity contribution >= 4 is 28.5 Å². The minimum absolute atomic E-state index is 0.104. The summed E-state index contributed by atoms with van der Waals surface area (Å²) in [5.74, 6) is 0.104. The minimum Gasteiger partial charge on any atom is -0.355 e. The summed E-state index contributed by atoms with van der Waals surface area (Å²) in [5, 5.41) is 2.85. The smallest absolute Gasteiger partial charge is 0.224 e.